The van der Waals surface area contributed by atoms with Crippen molar-refractivity contribution < 1.29 is 13.6 Å². The molecule has 1 amide bonds. The van der Waals surface area contributed by atoms with Gasteiger partial charge in [0.05, 0.1) is 17.1 Å². The van der Waals surface area contributed by atoms with E-state index in [-0.39, 0.29) is 17.8 Å². The quantitative estimate of drug-likeness (QED) is 0.473. The van der Waals surface area contributed by atoms with Crippen LogP contribution in [0.4, 0.5) is 4.39 Å². The van der Waals surface area contributed by atoms with Gasteiger partial charge >= 0.3 is 0 Å². The minimum atomic E-state index is -0.304. The van der Waals surface area contributed by atoms with Gasteiger partial charge in [-0.25, -0.2) is 9.37 Å². The summed E-state index contributed by atoms with van der Waals surface area (Å²) in [6.07, 6.45) is 2.50. The highest BCUT2D eigenvalue weighted by molar-refractivity contribution is 5.79. The molecule has 4 rings (SSSR count). The summed E-state index contributed by atoms with van der Waals surface area (Å²) in [4.78, 5) is 20.2. The van der Waals surface area contributed by atoms with Crippen molar-refractivity contribution in [1.29, 1.82) is 0 Å². The molecule has 1 unspecified atom stereocenters. The molecule has 4 aromatic rings. The normalized spacial score (nSPS) is 12.5. The van der Waals surface area contributed by atoms with Gasteiger partial charge in [-0.1, -0.05) is 25.5 Å². The average Bonchev–Trinajstić information content (AvgIpc) is 3.29. The van der Waals surface area contributed by atoms with Crippen LogP contribution >= 0.6 is 0 Å². The summed E-state index contributed by atoms with van der Waals surface area (Å²) in [5.41, 5.74) is 2.49. The molecule has 0 fully saturated rings. The Morgan fingerprint density at radius 2 is 2.11 bits per heavy atom. The van der Waals surface area contributed by atoms with Gasteiger partial charge in [0.15, 0.2) is 0 Å². The number of hydrogen-bond acceptors (Lipinski definition) is 3. The van der Waals surface area contributed by atoms with E-state index < -0.39 is 0 Å². The van der Waals surface area contributed by atoms with E-state index in [2.05, 4.69) is 22.2 Å². The summed E-state index contributed by atoms with van der Waals surface area (Å²) < 4.78 is 19.3. The highest BCUT2D eigenvalue weighted by atomic mass is 19.1. The zero-order chi connectivity index (χ0) is 19.5. The number of imidazole rings is 1. The summed E-state index contributed by atoms with van der Waals surface area (Å²) in [5.74, 6) is 1.08. The van der Waals surface area contributed by atoms with E-state index in [9.17, 15) is 9.18 Å². The van der Waals surface area contributed by atoms with Gasteiger partial charge in [-0.2, -0.15) is 0 Å². The fourth-order valence-corrected chi connectivity index (χ4v) is 3.40. The fourth-order valence-electron chi connectivity index (χ4n) is 3.40. The lowest BCUT2D eigenvalue weighted by Gasteiger charge is -2.15. The Morgan fingerprint density at radius 3 is 2.93 bits per heavy atom. The molecule has 0 bridgehead atoms. The zero-order valence-corrected chi connectivity index (χ0v) is 15.7. The van der Waals surface area contributed by atoms with Crippen LogP contribution in [0.1, 0.15) is 43.8 Å². The van der Waals surface area contributed by atoms with E-state index in [0.717, 1.165) is 29.7 Å². The minimum absolute atomic E-state index is 0.0643. The van der Waals surface area contributed by atoms with E-state index >= 15 is 0 Å². The Balaban J connectivity index is 1.43. The molecule has 0 saturated carbocycles. The topological polar surface area (TPSA) is 70.9 Å². The van der Waals surface area contributed by atoms with Crippen molar-refractivity contribution >= 4 is 27.9 Å². The van der Waals surface area contributed by atoms with Crippen LogP contribution in [0.5, 0.6) is 0 Å². The number of hydrogen-bond donors (Lipinski definition) is 2. The number of nitrogens with one attached hydrogen (secondary N) is 2. The molecule has 6 heteroatoms. The number of carbonyl (C=O) groups excluding carboxylic acids is 1. The van der Waals surface area contributed by atoms with Gasteiger partial charge in [-0.3, -0.25) is 4.79 Å². The molecule has 0 saturated heterocycles. The van der Waals surface area contributed by atoms with Crippen molar-refractivity contribution in [2.75, 3.05) is 0 Å². The van der Waals surface area contributed by atoms with Crippen LogP contribution in [-0.2, 0) is 11.2 Å². The number of para-hydroxylation sites is 2. The van der Waals surface area contributed by atoms with Crippen molar-refractivity contribution in [2.45, 2.75) is 38.6 Å². The number of amides is 1. The monoisotopic (exact) mass is 379 g/mol. The lowest BCUT2D eigenvalue weighted by atomic mass is 10.1. The second-order valence-electron chi connectivity index (χ2n) is 6.94. The van der Waals surface area contributed by atoms with E-state index in [0.29, 0.717) is 29.6 Å². The first kappa shape index (κ1) is 18.2. The number of aromatic nitrogens is 2. The largest absolute Gasteiger partial charge is 0.459 e. The number of rotatable bonds is 7. The van der Waals surface area contributed by atoms with Gasteiger partial charge in [0.1, 0.15) is 23.0 Å². The molecule has 0 aliphatic carbocycles. The number of furan rings is 1. The summed E-state index contributed by atoms with van der Waals surface area (Å²) in [7, 11) is 0. The molecule has 0 spiro atoms. The Labute approximate surface area is 162 Å². The number of aryl methyl sites for hydroxylation is 1. The predicted octanol–water partition coefficient (Wildman–Crippen LogP) is 5.04. The summed E-state index contributed by atoms with van der Waals surface area (Å²) >= 11 is 0. The SMILES string of the molecule is CCCC(NC(=O)CCc1nc2ccccc2[nH]1)c1cc2cc(F)ccc2o1. The molecule has 2 aromatic carbocycles. The Hall–Kier alpha value is -3.15. The van der Waals surface area contributed by atoms with Gasteiger partial charge in [0, 0.05) is 18.2 Å². The molecule has 0 aliphatic heterocycles. The van der Waals surface area contributed by atoms with Crippen molar-refractivity contribution in [2.24, 2.45) is 0 Å². The maximum absolute atomic E-state index is 13.4. The van der Waals surface area contributed by atoms with Crippen LogP contribution in [0.3, 0.4) is 0 Å². The van der Waals surface area contributed by atoms with E-state index in [1.54, 1.807) is 12.1 Å². The van der Waals surface area contributed by atoms with Crippen LogP contribution in [0.25, 0.3) is 22.0 Å². The van der Waals surface area contributed by atoms with Crippen molar-refractivity contribution in [3.8, 4) is 0 Å². The second-order valence-corrected chi connectivity index (χ2v) is 6.94. The van der Waals surface area contributed by atoms with Gasteiger partial charge in [0.2, 0.25) is 5.91 Å². The van der Waals surface area contributed by atoms with Crippen molar-refractivity contribution in [3.63, 3.8) is 0 Å². The van der Waals surface area contributed by atoms with Crippen LogP contribution in [0, 0.1) is 5.82 Å². The maximum atomic E-state index is 13.4. The standard InChI is InChI=1S/C22H22FN3O2/c1-2-5-18(20-13-14-12-15(23)8-9-19(14)28-20)26-22(27)11-10-21-24-16-6-3-4-7-17(16)25-21/h3-4,6-9,12-13,18H,2,5,10-11H2,1H3,(H,24,25)(H,26,27). The minimum Gasteiger partial charge on any atom is -0.459 e. The molecule has 0 aliphatic rings. The lowest BCUT2D eigenvalue weighted by molar-refractivity contribution is -0.122. The van der Waals surface area contributed by atoms with Crippen molar-refractivity contribution in [3.05, 3.63) is 65.9 Å². The Bertz CT molecular complexity index is 1080. The number of benzene rings is 2. The third-order valence-corrected chi connectivity index (χ3v) is 4.78. The van der Waals surface area contributed by atoms with Crippen LogP contribution < -0.4 is 5.32 Å². The molecule has 0 radical (unpaired) electrons. The Kier molecular flexibility index (Phi) is 5.10. The van der Waals surface area contributed by atoms with E-state index in [4.69, 9.17) is 4.42 Å². The summed E-state index contributed by atoms with van der Waals surface area (Å²) in [6, 6.07) is 13.8. The number of H-pyrrole nitrogens is 1. The predicted molar refractivity (Wildman–Crippen MR) is 106 cm³/mol. The zero-order valence-electron chi connectivity index (χ0n) is 15.7. The molecular weight excluding hydrogens is 357 g/mol. The molecule has 5 nitrogen and oxygen atoms in total. The number of nitrogens with zero attached hydrogens (tertiary/aromatic N) is 1. The lowest BCUT2D eigenvalue weighted by Crippen LogP contribution is -2.28. The molecule has 2 aromatic heterocycles. The van der Waals surface area contributed by atoms with Gasteiger partial charge in [0.25, 0.3) is 0 Å². The van der Waals surface area contributed by atoms with E-state index in [1.165, 1.54) is 12.1 Å². The van der Waals surface area contributed by atoms with Crippen molar-refractivity contribution in [1.82, 2.24) is 15.3 Å². The first-order chi connectivity index (χ1) is 13.6. The third kappa shape index (κ3) is 3.91. The first-order valence-electron chi connectivity index (χ1n) is 9.54. The molecule has 1 atom stereocenters. The molecule has 2 N–H and O–H groups in total. The highest BCUT2D eigenvalue weighted by Crippen LogP contribution is 2.27. The Morgan fingerprint density at radius 1 is 1.25 bits per heavy atom. The van der Waals surface area contributed by atoms with Crippen LogP contribution in [-0.4, -0.2) is 15.9 Å². The number of halogens is 1. The van der Waals surface area contributed by atoms with Gasteiger partial charge in [-0.15, -0.1) is 0 Å². The highest BCUT2D eigenvalue weighted by Gasteiger charge is 2.18. The van der Waals surface area contributed by atoms with Gasteiger partial charge in [-0.05, 0) is 42.8 Å². The fraction of sp³-hybridized carbons (Fsp3) is 0.273. The molecule has 2 heterocycles. The second kappa shape index (κ2) is 7.84. The number of carbonyl (C=O) groups is 1. The third-order valence-electron chi connectivity index (χ3n) is 4.78. The summed E-state index contributed by atoms with van der Waals surface area (Å²) in [5, 5.41) is 3.75. The first-order valence-corrected chi connectivity index (χ1v) is 9.54. The maximum Gasteiger partial charge on any atom is 0.221 e. The van der Waals surface area contributed by atoms with Crippen LogP contribution in [0.2, 0.25) is 0 Å². The van der Waals surface area contributed by atoms with E-state index in [1.807, 2.05) is 24.3 Å². The summed E-state index contributed by atoms with van der Waals surface area (Å²) in [6.45, 7) is 2.05. The molecule has 144 valence electrons. The van der Waals surface area contributed by atoms with Crippen LogP contribution in [0.15, 0.2) is 52.9 Å². The number of fused-ring (bicyclic) bond motifs is 2. The molecule has 28 heavy (non-hydrogen) atoms. The molecular formula is C22H22FN3O2. The van der Waals surface area contributed by atoms with Gasteiger partial charge < -0.3 is 14.7 Å². The smallest absolute Gasteiger partial charge is 0.221 e. The average molecular weight is 379 g/mol. The number of aromatic amines is 1.